The number of nitrogens with one attached hydrogen (secondary N) is 1. The lowest BCUT2D eigenvalue weighted by Crippen LogP contribution is -2.20. The quantitative estimate of drug-likeness (QED) is 0.740. The van der Waals surface area contributed by atoms with Gasteiger partial charge in [0.2, 0.25) is 5.91 Å². The van der Waals surface area contributed by atoms with E-state index < -0.39 is 23.6 Å². The number of anilines is 1. The van der Waals surface area contributed by atoms with Crippen LogP contribution in [0.15, 0.2) is 46.9 Å². The van der Waals surface area contributed by atoms with Crippen molar-refractivity contribution in [2.45, 2.75) is 19.3 Å². The Morgan fingerprint density at radius 2 is 1.96 bits per heavy atom. The van der Waals surface area contributed by atoms with Crippen molar-refractivity contribution in [2.24, 2.45) is 0 Å². The second kappa shape index (κ2) is 6.72. The summed E-state index contributed by atoms with van der Waals surface area (Å²) in [5.41, 5.74) is 2.06. The molecule has 128 valence electrons. The summed E-state index contributed by atoms with van der Waals surface area (Å²) >= 11 is 0. The Labute approximate surface area is 142 Å². The van der Waals surface area contributed by atoms with Crippen LogP contribution in [-0.2, 0) is 9.59 Å². The minimum atomic E-state index is -1.15. The maximum atomic E-state index is 13.0. The van der Waals surface area contributed by atoms with E-state index in [2.05, 4.69) is 10.3 Å². The molecule has 3 rings (SSSR count). The molecule has 0 saturated carbocycles. The molecule has 3 aromatic rings. The van der Waals surface area contributed by atoms with Gasteiger partial charge in [0.05, 0.1) is 5.92 Å². The largest absolute Gasteiger partial charge is 0.481 e. The Kier molecular flexibility index (Phi) is 4.47. The highest BCUT2D eigenvalue weighted by molar-refractivity contribution is 5.95. The molecule has 1 heterocycles. The summed E-state index contributed by atoms with van der Waals surface area (Å²) in [5.74, 6) is -2.62. The number of fused-ring (bicyclic) bond motifs is 1. The Hall–Kier alpha value is -3.22. The Balaban J connectivity index is 1.74. The fourth-order valence-electron chi connectivity index (χ4n) is 2.56. The van der Waals surface area contributed by atoms with Gasteiger partial charge in [0.15, 0.2) is 11.5 Å². The number of carbonyl (C=O) groups excluding carboxylic acids is 1. The van der Waals surface area contributed by atoms with E-state index in [1.165, 1.54) is 24.3 Å². The molecule has 0 radical (unpaired) electrons. The zero-order valence-corrected chi connectivity index (χ0v) is 13.3. The van der Waals surface area contributed by atoms with Gasteiger partial charge in [0.25, 0.3) is 0 Å². The van der Waals surface area contributed by atoms with Crippen LogP contribution in [0.2, 0.25) is 0 Å². The molecular weight excluding hydrogens is 327 g/mol. The zero-order chi connectivity index (χ0) is 18.0. The molecular formula is C18H15FN2O4. The van der Waals surface area contributed by atoms with Crippen molar-refractivity contribution in [3.8, 4) is 0 Å². The van der Waals surface area contributed by atoms with Gasteiger partial charge in [-0.1, -0.05) is 12.1 Å². The summed E-state index contributed by atoms with van der Waals surface area (Å²) in [5, 5.41) is 12.0. The maximum absolute atomic E-state index is 13.0. The van der Waals surface area contributed by atoms with Crippen LogP contribution in [0.25, 0.3) is 11.1 Å². The number of carbonyl (C=O) groups is 2. The molecule has 0 saturated heterocycles. The highest BCUT2D eigenvalue weighted by Gasteiger charge is 2.23. The van der Waals surface area contributed by atoms with Gasteiger partial charge in [-0.15, -0.1) is 0 Å². The number of hydrogen-bond donors (Lipinski definition) is 2. The van der Waals surface area contributed by atoms with E-state index in [1.807, 2.05) is 0 Å². The number of nitrogens with zero attached hydrogens (tertiary/aromatic N) is 1. The summed E-state index contributed by atoms with van der Waals surface area (Å²) in [4.78, 5) is 27.8. The van der Waals surface area contributed by atoms with Crippen LogP contribution >= 0.6 is 0 Å². The normalized spacial score (nSPS) is 12.1. The van der Waals surface area contributed by atoms with Crippen LogP contribution in [0, 0.1) is 12.7 Å². The Morgan fingerprint density at radius 3 is 2.64 bits per heavy atom. The molecule has 0 spiro atoms. The molecule has 0 aliphatic rings. The summed E-state index contributed by atoms with van der Waals surface area (Å²) in [6.07, 6.45) is -0.267. The minimum Gasteiger partial charge on any atom is -0.481 e. The van der Waals surface area contributed by atoms with E-state index in [-0.39, 0.29) is 6.42 Å². The van der Waals surface area contributed by atoms with Crippen LogP contribution < -0.4 is 5.32 Å². The number of aryl methyl sites for hydroxylation is 1. The van der Waals surface area contributed by atoms with Crippen molar-refractivity contribution in [3.63, 3.8) is 0 Å². The van der Waals surface area contributed by atoms with Crippen LogP contribution in [0.3, 0.4) is 0 Å². The number of halogens is 1. The number of benzene rings is 2. The smallest absolute Gasteiger partial charge is 0.311 e. The topological polar surface area (TPSA) is 92.4 Å². The van der Waals surface area contributed by atoms with E-state index >= 15 is 0 Å². The van der Waals surface area contributed by atoms with Crippen LogP contribution in [0.5, 0.6) is 0 Å². The van der Waals surface area contributed by atoms with Crippen molar-refractivity contribution in [3.05, 3.63) is 59.7 Å². The number of aliphatic carboxylic acids is 1. The number of rotatable bonds is 5. The average Bonchev–Trinajstić information content (AvgIpc) is 2.92. The molecule has 1 amide bonds. The van der Waals surface area contributed by atoms with E-state index in [4.69, 9.17) is 4.42 Å². The summed E-state index contributed by atoms with van der Waals surface area (Å²) in [6.45, 7) is 1.72. The number of carboxylic acid groups (broad SMARTS) is 1. The Morgan fingerprint density at radius 1 is 1.24 bits per heavy atom. The van der Waals surface area contributed by atoms with Crippen molar-refractivity contribution in [2.75, 3.05) is 5.32 Å². The number of amides is 1. The number of oxazole rings is 1. The van der Waals surface area contributed by atoms with E-state index in [0.717, 1.165) is 0 Å². The second-order valence-corrected chi connectivity index (χ2v) is 5.61. The molecule has 7 heteroatoms. The molecule has 1 atom stereocenters. The average molecular weight is 342 g/mol. The molecule has 0 bridgehead atoms. The minimum absolute atomic E-state index is 0.267. The van der Waals surface area contributed by atoms with Gasteiger partial charge in [0, 0.05) is 19.0 Å². The van der Waals surface area contributed by atoms with Crippen molar-refractivity contribution >= 4 is 28.7 Å². The monoisotopic (exact) mass is 342 g/mol. The first-order valence-electron chi connectivity index (χ1n) is 7.57. The third-order valence-electron chi connectivity index (χ3n) is 3.74. The van der Waals surface area contributed by atoms with E-state index in [0.29, 0.717) is 28.2 Å². The molecule has 2 N–H and O–H groups in total. The summed E-state index contributed by atoms with van der Waals surface area (Å²) < 4.78 is 18.3. The lowest BCUT2D eigenvalue weighted by atomic mass is 9.95. The van der Waals surface area contributed by atoms with Crippen LogP contribution in [0.1, 0.15) is 23.8 Å². The number of carboxylic acids is 1. The maximum Gasteiger partial charge on any atom is 0.311 e. The molecule has 0 aliphatic heterocycles. The predicted octanol–water partition coefficient (Wildman–Crippen LogP) is 3.47. The standard InChI is InChI=1S/C18H15FN2O4/c1-10-20-15-8-13(6-7-16(15)25-10)21-17(22)9-14(18(23)24)11-2-4-12(19)5-3-11/h2-8,14H,9H2,1H3,(H,21,22)(H,23,24)/t14-/m1/s1. The van der Waals surface area contributed by atoms with Crippen molar-refractivity contribution < 1.29 is 23.5 Å². The fourth-order valence-corrected chi connectivity index (χ4v) is 2.56. The van der Waals surface area contributed by atoms with E-state index in [1.54, 1.807) is 25.1 Å². The van der Waals surface area contributed by atoms with Crippen LogP contribution in [0.4, 0.5) is 10.1 Å². The molecule has 2 aromatic carbocycles. The second-order valence-electron chi connectivity index (χ2n) is 5.61. The molecule has 1 aromatic heterocycles. The predicted molar refractivity (Wildman–Crippen MR) is 88.8 cm³/mol. The van der Waals surface area contributed by atoms with Gasteiger partial charge in [0.1, 0.15) is 11.3 Å². The van der Waals surface area contributed by atoms with Gasteiger partial charge in [-0.2, -0.15) is 0 Å². The van der Waals surface area contributed by atoms with Crippen molar-refractivity contribution in [1.82, 2.24) is 4.98 Å². The van der Waals surface area contributed by atoms with Crippen LogP contribution in [-0.4, -0.2) is 22.0 Å². The van der Waals surface area contributed by atoms with Gasteiger partial charge < -0.3 is 14.8 Å². The Bertz CT molecular complexity index is 934. The molecule has 6 nitrogen and oxygen atoms in total. The molecule has 0 aliphatic carbocycles. The number of hydrogen-bond acceptors (Lipinski definition) is 4. The zero-order valence-electron chi connectivity index (χ0n) is 13.3. The first-order chi connectivity index (χ1) is 11.9. The first kappa shape index (κ1) is 16.6. The fraction of sp³-hybridized carbons (Fsp3) is 0.167. The molecule has 25 heavy (non-hydrogen) atoms. The summed E-state index contributed by atoms with van der Waals surface area (Å²) in [7, 11) is 0. The third-order valence-corrected chi connectivity index (χ3v) is 3.74. The highest BCUT2D eigenvalue weighted by atomic mass is 19.1. The lowest BCUT2D eigenvalue weighted by Gasteiger charge is -2.13. The third kappa shape index (κ3) is 3.82. The van der Waals surface area contributed by atoms with E-state index in [9.17, 15) is 19.1 Å². The summed E-state index contributed by atoms with van der Waals surface area (Å²) in [6, 6.07) is 10.1. The van der Waals surface area contributed by atoms with Gasteiger partial charge in [-0.25, -0.2) is 9.37 Å². The molecule has 0 fully saturated rings. The first-order valence-corrected chi connectivity index (χ1v) is 7.57. The lowest BCUT2D eigenvalue weighted by molar-refractivity contribution is -0.140. The van der Waals surface area contributed by atoms with Gasteiger partial charge in [-0.3, -0.25) is 9.59 Å². The van der Waals surface area contributed by atoms with Gasteiger partial charge in [-0.05, 0) is 35.9 Å². The van der Waals surface area contributed by atoms with Crippen molar-refractivity contribution in [1.29, 1.82) is 0 Å². The SMILES string of the molecule is Cc1nc2cc(NC(=O)C[C@@H](C(=O)O)c3ccc(F)cc3)ccc2o1. The highest BCUT2D eigenvalue weighted by Crippen LogP contribution is 2.23. The number of aromatic nitrogens is 1. The molecule has 0 unspecified atom stereocenters. The van der Waals surface area contributed by atoms with Gasteiger partial charge >= 0.3 is 5.97 Å².